The Morgan fingerprint density at radius 2 is 1.61 bits per heavy atom. The zero-order chi connectivity index (χ0) is 21.6. The van der Waals surface area contributed by atoms with E-state index in [2.05, 4.69) is 18.2 Å². The van der Waals surface area contributed by atoms with Crippen LogP contribution in [0.1, 0.15) is 51.0 Å². The molecule has 2 aromatic rings. The van der Waals surface area contributed by atoms with Gasteiger partial charge in [0.15, 0.2) is 9.84 Å². The number of ether oxygens (including phenoxy) is 1. The molecule has 3 nitrogen and oxygen atoms in total. The van der Waals surface area contributed by atoms with E-state index in [-0.39, 0.29) is 11.2 Å². The van der Waals surface area contributed by atoms with Gasteiger partial charge >= 0.3 is 0 Å². The molecular formula is C27H32O3S. The lowest BCUT2D eigenvalue weighted by Crippen LogP contribution is -2.48. The van der Waals surface area contributed by atoms with Crippen molar-refractivity contribution in [3.05, 3.63) is 60.2 Å². The molecule has 0 aliphatic heterocycles. The lowest BCUT2D eigenvalue weighted by molar-refractivity contribution is -0.00613. The largest absolute Gasteiger partial charge is 0.496 e. The van der Waals surface area contributed by atoms with Crippen molar-refractivity contribution >= 4 is 9.84 Å². The third-order valence-electron chi connectivity index (χ3n) is 7.89. The predicted molar refractivity (Wildman–Crippen MR) is 125 cm³/mol. The highest BCUT2D eigenvalue weighted by Gasteiger charge is 2.52. The van der Waals surface area contributed by atoms with E-state index in [0.29, 0.717) is 4.90 Å². The summed E-state index contributed by atoms with van der Waals surface area (Å²) >= 11 is 0. The first-order chi connectivity index (χ1) is 14.9. The van der Waals surface area contributed by atoms with E-state index in [1.165, 1.54) is 44.1 Å². The molecule has 4 saturated carbocycles. The Balaban J connectivity index is 1.55. The molecule has 0 saturated heterocycles. The number of hydrogen-bond donors (Lipinski definition) is 0. The number of benzene rings is 2. The molecule has 4 bridgehead atoms. The van der Waals surface area contributed by atoms with Crippen LogP contribution in [0.3, 0.4) is 0 Å². The molecule has 31 heavy (non-hydrogen) atoms. The van der Waals surface area contributed by atoms with Gasteiger partial charge in [0.25, 0.3) is 0 Å². The predicted octanol–water partition coefficient (Wildman–Crippen LogP) is 6.18. The van der Waals surface area contributed by atoms with Crippen molar-refractivity contribution in [1.29, 1.82) is 0 Å². The molecule has 0 heterocycles. The van der Waals surface area contributed by atoms with Crippen LogP contribution in [0, 0.1) is 17.8 Å². The molecule has 6 rings (SSSR count). The summed E-state index contributed by atoms with van der Waals surface area (Å²) < 4.78 is 31.2. The maximum absolute atomic E-state index is 12.7. The van der Waals surface area contributed by atoms with E-state index in [1.54, 1.807) is 25.3 Å². The summed E-state index contributed by atoms with van der Waals surface area (Å²) in [5, 5.41) is 0. The lowest BCUT2D eigenvalue weighted by Gasteiger charge is -2.57. The van der Waals surface area contributed by atoms with Gasteiger partial charge in [-0.05, 0) is 104 Å². The summed E-state index contributed by atoms with van der Waals surface area (Å²) in [4.78, 5) is 0.385. The monoisotopic (exact) mass is 436 g/mol. The highest BCUT2D eigenvalue weighted by molar-refractivity contribution is 7.91. The second-order valence-corrected chi connectivity index (χ2v) is 12.0. The van der Waals surface area contributed by atoms with Crippen molar-refractivity contribution in [3.8, 4) is 16.9 Å². The van der Waals surface area contributed by atoms with Crippen LogP contribution in [-0.4, -0.2) is 21.3 Å². The topological polar surface area (TPSA) is 43.4 Å². The Hall–Kier alpha value is -2.07. The van der Waals surface area contributed by atoms with Crippen molar-refractivity contribution in [1.82, 2.24) is 0 Å². The van der Waals surface area contributed by atoms with E-state index < -0.39 is 9.84 Å². The normalized spacial score (nSPS) is 29.5. The van der Waals surface area contributed by atoms with E-state index in [9.17, 15) is 8.42 Å². The first-order valence-corrected chi connectivity index (χ1v) is 13.2. The molecule has 0 atom stereocenters. The van der Waals surface area contributed by atoms with Gasteiger partial charge in [-0.15, -0.1) is 0 Å². The second-order valence-electron chi connectivity index (χ2n) is 9.99. The summed E-state index contributed by atoms with van der Waals surface area (Å²) in [5.41, 5.74) is 3.60. The van der Waals surface area contributed by atoms with Gasteiger partial charge in [-0.3, -0.25) is 0 Å². The molecular weight excluding hydrogens is 404 g/mol. The van der Waals surface area contributed by atoms with Crippen LogP contribution in [0.15, 0.2) is 59.5 Å². The van der Waals surface area contributed by atoms with E-state index in [4.69, 9.17) is 4.74 Å². The Labute approximate surface area is 186 Å². The minimum absolute atomic E-state index is 0.0358. The lowest BCUT2D eigenvalue weighted by atomic mass is 9.48. The highest BCUT2D eigenvalue weighted by atomic mass is 32.2. The molecule has 0 aromatic heterocycles. The molecule has 0 spiro atoms. The van der Waals surface area contributed by atoms with E-state index in [0.717, 1.165) is 34.6 Å². The molecule has 2 aromatic carbocycles. The minimum atomic E-state index is -3.32. The fourth-order valence-corrected chi connectivity index (χ4v) is 8.16. The number of methoxy groups -OCH3 is 1. The quantitative estimate of drug-likeness (QED) is 0.508. The van der Waals surface area contributed by atoms with Gasteiger partial charge in [-0.1, -0.05) is 30.4 Å². The molecule has 4 aliphatic carbocycles. The van der Waals surface area contributed by atoms with Gasteiger partial charge in [-0.25, -0.2) is 8.42 Å². The Morgan fingerprint density at radius 3 is 2.23 bits per heavy atom. The average Bonchev–Trinajstić information content (AvgIpc) is 2.76. The van der Waals surface area contributed by atoms with Crippen molar-refractivity contribution in [2.75, 3.05) is 12.9 Å². The zero-order valence-electron chi connectivity index (χ0n) is 18.5. The Bertz CT molecular complexity index is 1080. The van der Waals surface area contributed by atoms with Gasteiger partial charge < -0.3 is 4.74 Å². The summed E-state index contributed by atoms with van der Waals surface area (Å²) in [6.45, 7) is 1.84. The summed E-state index contributed by atoms with van der Waals surface area (Å²) in [6.07, 6.45) is 11.5. The minimum Gasteiger partial charge on any atom is -0.496 e. The summed E-state index contributed by atoms with van der Waals surface area (Å²) in [5.74, 6) is 3.61. The van der Waals surface area contributed by atoms with Gasteiger partial charge in [0.05, 0.1) is 17.8 Å². The zero-order valence-corrected chi connectivity index (χ0v) is 19.3. The van der Waals surface area contributed by atoms with Crippen LogP contribution >= 0.6 is 0 Å². The van der Waals surface area contributed by atoms with Crippen LogP contribution in [-0.2, 0) is 15.3 Å². The van der Waals surface area contributed by atoms with Crippen LogP contribution < -0.4 is 4.74 Å². The first kappa shape index (κ1) is 20.8. The van der Waals surface area contributed by atoms with E-state index in [1.807, 2.05) is 25.1 Å². The van der Waals surface area contributed by atoms with Gasteiger partial charge in [0.2, 0.25) is 0 Å². The Morgan fingerprint density at radius 1 is 0.968 bits per heavy atom. The maximum atomic E-state index is 12.7. The van der Waals surface area contributed by atoms with Crippen LogP contribution in [0.2, 0.25) is 0 Å². The fourth-order valence-electron chi connectivity index (χ4n) is 6.93. The highest BCUT2D eigenvalue weighted by Crippen LogP contribution is 2.62. The van der Waals surface area contributed by atoms with Crippen molar-refractivity contribution in [2.45, 2.75) is 55.8 Å². The van der Waals surface area contributed by atoms with Gasteiger partial charge in [-0.2, -0.15) is 0 Å². The first-order valence-electron chi connectivity index (χ1n) is 11.6. The van der Waals surface area contributed by atoms with Crippen LogP contribution in [0.4, 0.5) is 0 Å². The smallest absolute Gasteiger partial charge is 0.181 e. The van der Waals surface area contributed by atoms with Crippen LogP contribution in [0.5, 0.6) is 5.75 Å². The molecule has 0 radical (unpaired) electrons. The molecule has 4 heteroatoms. The van der Waals surface area contributed by atoms with E-state index >= 15 is 0 Å². The number of hydrogen-bond acceptors (Lipinski definition) is 3. The third kappa shape index (κ3) is 3.73. The SMILES string of the molecule is CC=CCS(=O)(=O)c1cccc(-c2ccc(OC)c(C34CC5CC(CC(C5)C3)C4)c2)c1. The molecule has 164 valence electrons. The standard InChI is InChI=1S/C27H32O3S/c1-3-4-10-31(28,29)24-7-5-6-22(14-24)23-8-9-26(30-2)25(15-23)27-16-19-11-20(17-27)13-21(12-19)18-27/h3-9,14-15,19-21H,10-13,16-18H2,1-2H3. The molecule has 0 unspecified atom stereocenters. The number of allylic oxidation sites excluding steroid dienone is 1. The number of sulfone groups is 1. The second kappa shape index (κ2) is 7.81. The average molecular weight is 437 g/mol. The van der Waals surface area contributed by atoms with Gasteiger partial charge in [0, 0.05) is 5.56 Å². The third-order valence-corrected chi connectivity index (χ3v) is 9.49. The van der Waals surface area contributed by atoms with Gasteiger partial charge in [0.1, 0.15) is 5.75 Å². The summed E-state index contributed by atoms with van der Waals surface area (Å²) in [7, 11) is -1.55. The Kier molecular flexibility index (Phi) is 5.24. The molecule has 4 aliphatic rings. The maximum Gasteiger partial charge on any atom is 0.181 e. The fraction of sp³-hybridized carbons (Fsp3) is 0.481. The molecule has 0 N–H and O–H groups in total. The number of rotatable bonds is 6. The molecule has 4 fully saturated rings. The van der Waals surface area contributed by atoms with Crippen molar-refractivity contribution in [3.63, 3.8) is 0 Å². The molecule has 0 amide bonds. The van der Waals surface area contributed by atoms with Crippen molar-refractivity contribution < 1.29 is 13.2 Å². The van der Waals surface area contributed by atoms with Crippen LogP contribution in [0.25, 0.3) is 11.1 Å². The summed E-state index contributed by atoms with van der Waals surface area (Å²) in [6, 6.07) is 13.8. The van der Waals surface area contributed by atoms with Crippen molar-refractivity contribution in [2.24, 2.45) is 17.8 Å².